The van der Waals surface area contributed by atoms with Crippen LogP contribution in [0.4, 0.5) is 13.2 Å². The Labute approximate surface area is 103 Å². The smallest absolute Gasteiger partial charge is 0.433 e. The van der Waals surface area contributed by atoms with Gasteiger partial charge in [0, 0.05) is 0 Å². The third-order valence-electron chi connectivity index (χ3n) is 2.00. The Hall–Kier alpha value is -1.38. The van der Waals surface area contributed by atoms with Crippen molar-refractivity contribution >= 4 is 17.6 Å². The molecule has 1 heterocycles. The van der Waals surface area contributed by atoms with Gasteiger partial charge in [0.2, 0.25) is 0 Å². The first kappa shape index (κ1) is 14.7. The lowest BCUT2D eigenvalue weighted by Gasteiger charge is -2.16. The van der Waals surface area contributed by atoms with E-state index in [9.17, 15) is 23.1 Å². The highest BCUT2D eigenvalue weighted by atomic mass is 35.5. The molecule has 0 aliphatic rings. The van der Waals surface area contributed by atoms with Crippen LogP contribution in [-0.4, -0.2) is 32.4 Å². The quantitative estimate of drug-likeness (QED) is 0.727. The molecule has 100 valence electrons. The summed E-state index contributed by atoms with van der Waals surface area (Å²) in [5, 5.41) is 26.3. The largest absolute Gasteiger partial charge is 0.479 e. The maximum Gasteiger partial charge on any atom is 0.433 e. The molecule has 0 amide bonds. The van der Waals surface area contributed by atoms with Gasteiger partial charge >= 0.3 is 12.1 Å². The predicted molar refractivity (Wildman–Crippen MR) is 52.9 cm³/mol. The molecule has 2 unspecified atom stereocenters. The second-order valence-corrected chi connectivity index (χ2v) is 3.72. The Morgan fingerprint density at radius 2 is 1.89 bits per heavy atom. The molecule has 0 saturated heterocycles. The van der Waals surface area contributed by atoms with Crippen molar-refractivity contribution in [3.05, 3.63) is 28.5 Å². The summed E-state index contributed by atoms with van der Waals surface area (Å²) in [6, 6.07) is 1.26. The highest BCUT2D eigenvalue weighted by molar-refractivity contribution is 6.29. The van der Waals surface area contributed by atoms with Crippen LogP contribution in [0, 0.1) is 0 Å². The lowest BCUT2D eigenvalue weighted by Crippen LogP contribution is -2.27. The molecule has 2 atom stereocenters. The van der Waals surface area contributed by atoms with Gasteiger partial charge in [-0.15, -0.1) is 0 Å². The van der Waals surface area contributed by atoms with Crippen LogP contribution in [0.1, 0.15) is 17.4 Å². The first-order chi connectivity index (χ1) is 8.12. The molecule has 3 N–H and O–H groups in total. The maximum absolute atomic E-state index is 12.4. The number of nitrogens with zero attached hydrogens (tertiary/aromatic N) is 1. The van der Waals surface area contributed by atoms with E-state index in [1.165, 1.54) is 0 Å². The Balaban J connectivity index is 3.18. The summed E-state index contributed by atoms with van der Waals surface area (Å²) in [6.45, 7) is 0. The van der Waals surface area contributed by atoms with E-state index in [2.05, 4.69) is 4.98 Å². The summed E-state index contributed by atoms with van der Waals surface area (Å²) in [7, 11) is 0. The molecule has 18 heavy (non-hydrogen) atoms. The number of halogens is 4. The van der Waals surface area contributed by atoms with Gasteiger partial charge in [-0.25, -0.2) is 9.78 Å². The number of aliphatic carboxylic acids is 1. The fourth-order valence-electron chi connectivity index (χ4n) is 1.15. The number of aromatic nitrogens is 1. The van der Waals surface area contributed by atoms with E-state index in [1.807, 2.05) is 0 Å². The number of carbonyl (C=O) groups is 1. The lowest BCUT2D eigenvalue weighted by atomic mass is 10.0. The van der Waals surface area contributed by atoms with Crippen molar-refractivity contribution < 1.29 is 33.3 Å². The third-order valence-corrected chi connectivity index (χ3v) is 2.19. The van der Waals surface area contributed by atoms with E-state index in [0.717, 1.165) is 6.07 Å². The minimum atomic E-state index is -4.80. The summed E-state index contributed by atoms with van der Waals surface area (Å²) in [5.41, 5.74) is -1.88. The molecule has 0 radical (unpaired) electrons. The number of aliphatic hydroxyl groups excluding tert-OH is 2. The van der Waals surface area contributed by atoms with Crippen LogP contribution >= 0.6 is 11.6 Å². The number of pyridine rings is 1. The number of carboxylic acids is 1. The second kappa shape index (κ2) is 5.09. The van der Waals surface area contributed by atoms with Gasteiger partial charge in [0.15, 0.2) is 6.10 Å². The minimum absolute atomic E-state index is 0.419. The van der Waals surface area contributed by atoms with Crippen LogP contribution < -0.4 is 0 Å². The van der Waals surface area contributed by atoms with Crippen molar-refractivity contribution in [2.45, 2.75) is 18.4 Å². The summed E-state index contributed by atoms with van der Waals surface area (Å²) in [6.07, 6.45) is -9.10. The molecule has 0 saturated carbocycles. The van der Waals surface area contributed by atoms with Crippen LogP contribution in [0.25, 0.3) is 0 Å². The minimum Gasteiger partial charge on any atom is -0.479 e. The maximum atomic E-state index is 12.4. The molecule has 0 aromatic carbocycles. The van der Waals surface area contributed by atoms with Crippen molar-refractivity contribution in [1.29, 1.82) is 0 Å². The fourth-order valence-corrected chi connectivity index (χ4v) is 1.37. The van der Waals surface area contributed by atoms with Crippen LogP contribution in [0.15, 0.2) is 12.1 Å². The first-order valence-corrected chi connectivity index (χ1v) is 4.84. The van der Waals surface area contributed by atoms with E-state index in [-0.39, 0.29) is 0 Å². The SMILES string of the molecule is O=C(O)C(O)C(O)c1cc(Cl)nc(C(F)(F)F)c1. The fraction of sp³-hybridized carbons (Fsp3) is 0.333. The number of aliphatic hydroxyl groups is 2. The molecule has 1 aromatic rings. The first-order valence-electron chi connectivity index (χ1n) is 4.46. The average Bonchev–Trinajstić information content (AvgIpc) is 2.24. The lowest BCUT2D eigenvalue weighted by molar-refractivity contribution is -0.153. The molecule has 9 heteroatoms. The number of hydrogen-bond acceptors (Lipinski definition) is 4. The van der Waals surface area contributed by atoms with Gasteiger partial charge in [0.05, 0.1) is 0 Å². The van der Waals surface area contributed by atoms with E-state index >= 15 is 0 Å². The number of carboxylic acid groups (broad SMARTS) is 1. The molecule has 1 rings (SSSR count). The van der Waals surface area contributed by atoms with Gasteiger partial charge < -0.3 is 15.3 Å². The number of rotatable bonds is 3. The van der Waals surface area contributed by atoms with Gasteiger partial charge in [-0.2, -0.15) is 13.2 Å². The van der Waals surface area contributed by atoms with Crippen LogP contribution in [0.5, 0.6) is 0 Å². The average molecular weight is 286 g/mol. The monoisotopic (exact) mass is 285 g/mol. The van der Waals surface area contributed by atoms with Crippen molar-refractivity contribution in [3.8, 4) is 0 Å². The number of hydrogen-bond donors (Lipinski definition) is 3. The summed E-state index contributed by atoms with van der Waals surface area (Å²) >= 11 is 5.33. The third kappa shape index (κ3) is 3.31. The topological polar surface area (TPSA) is 90.7 Å². The van der Waals surface area contributed by atoms with Crippen LogP contribution in [0.2, 0.25) is 5.15 Å². The number of alkyl halides is 3. The molecule has 0 aliphatic carbocycles. The zero-order chi connectivity index (χ0) is 14.1. The second-order valence-electron chi connectivity index (χ2n) is 3.33. The molecular formula is C9H7ClF3NO4. The normalized spacial score (nSPS) is 15.2. The van der Waals surface area contributed by atoms with Crippen molar-refractivity contribution in [3.63, 3.8) is 0 Å². The van der Waals surface area contributed by atoms with Gasteiger partial charge in [-0.1, -0.05) is 11.6 Å². The van der Waals surface area contributed by atoms with Crippen LogP contribution in [-0.2, 0) is 11.0 Å². The zero-order valence-corrected chi connectivity index (χ0v) is 9.27. The molecule has 0 fully saturated rings. The molecule has 5 nitrogen and oxygen atoms in total. The molecular weight excluding hydrogens is 279 g/mol. The van der Waals surface area contributed by atoms with Gasteiger partial charge in [0.25, 0.3) is 0 Å². The van der Waals surface area contributed by atoms with E-state index < -0.39 is 40.8 Å². The van der Waals surface area contributed by atoms with Gasteiger partial charge in [-0.05, 0) is 17.7 Å². The van der Waals surface area contributed by atoms with E-state index in [4.69, 9.17) is 21.8 Å². The van der Waals surface area contributed by atoms with Gasteiger partial charge in [-0.3, -0.25) is 0 Å². The highest BCUT2D eigenvalue weighted by Gasteiger charge is 2.35. The van der Waals surface area contributed by atoms with Crippen molar-refractivity contribution in [2.75, 3.05) is 0 Å². The van der Waals surface area contributed by atoms with Gasteiger partial charge in [0.1, 0.15) is 17.0 Å². The summed E-state index contributed by atoms with van der Waals surface area (Å²) in [5.74, 6) is -1.77. The molecule has 0 spiro atoms. The Bertz CT molecular complexity index is 466. The van der Waals surface area contributed by atoms with Crippen molar-refractivity contribution in [1.82, 2.24) is 4.98 Å². The van der Waals surface area contributed by atoms with Crippen LogP contribution in [0.3, 0.4) is 0 Å². The Kier molecular flexibility index (Phi) is 4.15. The molecule has 1 aromatic heterocycles. The van der Waals surface area contributed by atoms with Crippen molar-refractivity contribution in [2.24, 2.45) is 0 Å². The Morgan fingerprint density at radius 1 is 1.33 bits per heavy atom. The standard InChI is InChI=1S/C9H7ClF3NO4/c10-5-2-3(6(15)7(16)8(17)18)1-4(14-5)9(11,12)13/h1-2,6-7,15-16H,(H,17,18). The molecule has 0 bridgehead atoms. The van der Waals surface area contributed by atoms with E-state index in [1.54, 1.807) is 0 Å². The summed E-state index contributed by atoms with van der Waals surface area (Å²) in [4.78, 5) is 13.4. The zero-order valence-electron chi connectivity index (χ0n) is 8.52. The predicted octanol–water partition coefficient (Wildman–Crippen LogP) is 1.23. The highest BCUT2D eigenvalue weighted by Crippen LogP contribution is 2.31. The van der Waals surface area contributed by atoms with E-state index in [0.29, 0.717) is 6.07 Å². The Morgan fingerprint density at radius 3 is 2.33 bits per heavy atom. The summed E-state index contributed by atoms with van der Waals surface area (Å²) < 4.78 is 37.2. The molecule has 0 aliphatic heterocycles.